The summed E-state index contributed by atoms with van der Waals surface area (Å²) >= 11 is 0. The third kappa shape index (κ3) is 18.7. The van der Waals surface area contributed by atoms with Crippen molar-refractivity contribution in [3.05, 3.63) is 0 Å². The Bertz CT molecular complexity index is 398. The number of nitrogens with one attached hydrogen (secondary N) is 1. The molecule has 0 rings (SSSR count). The summed E-state index contributed by atoms with van der Waals surface area (Å²) in [6.45, 7) is 12.1. The van der Waals surface area contributed by atoms with Gasteiger partial charge in [0.25, 0.3) is 0 Å². The van der Waals surface area contributed by atoms with E-state index in [2.05, 4.69) is 39.9 Å². The molecule has 27 heavy (non-hydrogen) atoms. The van der Waals surface area contributed by atoms with E-state index < -0.39 is 10.8 Å². The van der Waals surface area contributed by atoms with Crippen molar-refractivity contribution in [1.29, 1.82) is 0 Å². The first kappa shape index (κ1) is 26.6. The smallest absolute Gasteiger partial charge is 0.220 e. The molecule has 1 N–H and O–H groups in total. The zero-order valence-electron chi connectivity index (χ0n) is 19.0. The van der Waals surface area contributed by atoms with Gasteiger partial charge in [-0.3, -0.25) is 9.00 Å². The van der Waals surface area contributed by atoms with Crippen LogP contribution in [0.4, 0.5) is 0 Å². The zero-order chi connectivity index (χ0) is 20.7. The average Bonchev–Trinajstić information content (AvgIpc) is 2.53. The first-order chi connectivity index (χ1) is 12.7. The second-order valence-corrected chi connectivity index (χ2v) is 10.9. The maximum Gasteiger partial charge on any atom is 0.220 e. The third-order valence-electron chi connectivity index (χ3n) is 5.51. The fourth-order valence-corrected chi connectivity index (χ4v) is 4.01. The van der Waals surface area contributed by atoms with Gasteiger partial charge in [0.15, 0.2) is 0 Å². The molecule has 3 nitrogen and oxygen atoms in total. The Morgan fingerprint density at radius 2 is 1.22 bits per heavy atom. The van der Waals surface area contributed by atoms with Crippen LogP contribution in [-0.4, -0.2) is 28.7 Å². The van der Waals surface area contributed by atoms with E-state index in [0.29, 0.717) is 24.6 Å². The number of amides is 1. The summed E-state index contributed by atoms with van der Waals surface area (Å²) in [7, 11) is -0.830. The molecule has 162 valence electrons. The monoisotopic (exact) mass is 401 g/mol. The van der Waals surface area contributed by atoms with Crippen molar-refractivity contribution in [2.75, 3.05) is 18.6 Å². The minimum Gasteiger partial charge on any atom is -0.355 e. The lowest BCUT2D eigenvalue weighted by Gasteiger charge is -2.16. The summed E-state index contributed by atoms with van der Waals surface area (Å²) < 4.78 is 11.0. The summed E-state index contributed by atoms with van der Waals surface area (Å²) in [5.74, 6) is 3.60. The molecule has 1 amide bonds. The maximum atomic E-state index is 11.8. The van der Waals surface area contributed by atoms with E-state index in [4.69, 9.17) is 0 Å². The summed E-state index contributed by atoms with van der Waals surface area (Å²) in [5, 5.41) is 2.87. The fourth-order valence-electron chi connectivity index (χ4n) is 3.62. The second-order valence-electron chi connectivity index (χ2n) is 9.33. The molecule has 0 unspecified atom stereocenters. The molecule has 0 aromatic rings. The van der Waals surface area contributed by atoms with E-state index in [0.717, 1.165) is 24.2 Å². The van der Waals surface area contributed by atoms with Crippen molar-refractivity contribution in [2.24, 2.45) is 23.7 Å². The van der Waals surface area contributed by atoms with Gasteiger partial charge in [-0.1, -0.05) is 92.4 Å². The highest BCUT2D eigenvalue weighted by Crippen LogP contribution is 2.22. The van der Waals surface area contributed by atoms with Gasteiger partial charge in [-0.05, 0) is 23.7 Å². The quantitative estimate of drug-likeness (QED) is 0.327. The zero-order valence-corrected chi connectivity index (χ0v) is 19.8. The van der Waals surface area contributed by atoms with Gasteiger partial charge in [-0.15, -0.1) is 0 Å². The van der Waals surface area contributed by atoms with E-state index in [1.807, 2.05) is 0 Å². The van der Waals surface area contributed by atoms with Crippen LogP contribution in [0.3, 0.4) is 0 Å². The Morgan fingerprint density at radius 1 is 0.778 bits per heavy atom. The first-order valence-electron chi connectivity index (χ1n) is 11.3. The lowest BCUT2D eigenvalue weighted by atomic mass is 9.90. The molecule has 0 saturated carbocycles. The Morgan fingerprint density at radius 3 is 1.67 bits per heavy atom. The predicted octanol–water partition coefficient (Wildman–Crippen LogP) is 5.95. The third-order valence-corrected chi connectivity index (χ3v) is 6.29. The number of hydrogen-bond donors (Lipinski definition) is 1. The van der Waals surface area contributed by atoms with Gasteiger partial charge in [-0.25, -0.2) is 0 Å². The largest absolute Gasteiger partial charge is 0.355 e. The van der Waals surface area contributed by atoms with Crippen LogP contribution in [0.15, 0.2) is 0 Å². The van der Waals surface area contributed by atoms with E-state index in [1.165, 1.54) is 51.4 Å². The van der Waals surface area contributed by atoms with E-state index in [1.54, 1.807) is 6.26 Å². The Hall–Kier alpha value is -0.380. The van der Waals surface area contributed by atoms with Crippen molar-refractivity contribution in [2.45, 2.75) is 98.8 Å². The minimum atomic E-state index is -0.830. The fraction of sp³-hybridized carbons (Fsp3) is 0.957. The normalized spacial score (nSPS) is 16.1. The van der Waals surface area contributed by atoms with Crippen LogP contribution < -0.4 is 5.32 Å². The van der Waals surface area contributed by atoms with Crippen LogP contribution in [0.5, 0.6) is 0 Å². The van der Waals surface area contributed by atoms with Crippen LogP contribution in [-0.2, 0) is 15.6 Å². The van der Waals surface area contributed by atoms with Crippen molar-refractivity contribution in [3.8, 4) is 0 Å². The van der Waals surface area contributed by atoms with Crippen LogP contribution in [0, 0.1) is 23.7 Å². The standard InChI is InChI=1S/C23H47NO2S/c1-19(2)10-7-11-20(3)12-8-13-21(4)14-9-15-22(5)18-23(25)24-16-17-27(6)26/h19-22H,7-18H2,1-6H3,(H,24,25)/t20-,21-,22+,27-/m1/s1. The molecule has 0 bridgehead atoms. The Balaban J connectivity index is 3.64. The molecule has 0 radical (unpaired) electrons. The van der Waals surface area contributed by atoms with Gasteiger partial charge in [0.2, 0.25) is 5.91 Å². The Labute approximate surface area is 172 Å². The van der Waals surface area contributed by atoms with E-state index >= 15 is 0 Å². The predicted molar refractivity (Wildman–Crippen MR) is 120 cm³/mol. The van der Waals surface area contributed by atoms with Crippen molar-refractivity contribution in [3.63, 3.8) is 0 Å². The highest BCUT2D eigenvalue weighted by molar-refractivity contribution is 7.84. The molecule has 0 saturated heterocycles. The molecule has 0 aliphatic carbocycles. The maximum absolute atomic E-state index is 11.8. The average molecular weight is 402 g/mol. The molecule has 4 atom stereocenters. The number of rotatable bonds is 17. The highest BCUT2D eigenvalue weighted by Gasteiger charge is 2.11. The van der Waals surface area contributed by atoms with Crippen LogP contribution >= 0.6 is 0 Å². The SMILES string of the molecule is CC(C)CCC[C@@H](C)CCC[C@@H](C)CCC[C@H](C)CC(=O)NCC[S@@](C)=O. The summed E-state index contributed by atoms with van der Waals surface area (Å²) in [4.78, 5) is 11.8. The molecule has 0 aromatic heterocycles. The van der Waals surface area contributed by atoms with Gasteiger partial charge in [0, 0.05) is 35.8 Å². The Kier molecular flexibility index (Phi) is 16.3. The van der Waals surface area contributed by atoms with Gasteiger partial charge in [0.1, 0.15) is 0 Å². The molecule has 4 heteroatoms. The molecule has 0 spiro atoms. The molecule has 0 heterocycles. The molecular weight excluding hydrogens is 354 g/mol. The first-order valence-corrected chi connectivity index (χ1v) is 13.0. The van der Waals surface area contributed by atoms with Crippen molar-refractivity contribution < 1.29 is 9.00 Å². The number of carbonyl (C=O) groups is 1. The summed E-state index contributed by atoms with van der Waals surface area (Å²) in [6.07, 6.45) is 14.1. The van der Waals surface area contributed by atoms with Crippen LogP contribution in [0.25, 0.3) is 0 Å². The number of carbonyl (C=O) groups excluding carboxylic acids is 1. The lowest BCUT2D eigenvalue weighted by molar-refractivity contribution is -0.121. The highest BCUT2D eigenvalue weighted by atomic mass is 32.2. The van der Waals surface area contributed by atoms with Crippen LogP contribution in [0.1, 0.15) is 98.8 Å². The van der Waals surface area contributed by atoms with Gasteiger partial charge < -0.3 is 5.32 Å². The van der Waals surface area contributed by atoms with Gasteiger partial charge in [0.05, 0.1) is 0 Å². The van der Waals surface area contributed by atoms with Crippen molar-refractivity contribution >= 4 is 16.7 Å². The van der Waals surface area contributed by atoms with Gasteiger partial charge in [-0.2, -0.15) is 0 Å². The lowest BCUT2D eigenvalue weighted by Crippen LogP contribution is -2.28. The summed E-state index contributed by atoms with van der Waals surface area (Å²) in [6, 6.07) is 0. The summed E-state index contributed by atoms with van der Waals surface area (Å²) in [5.41, 5.74) is 0. The molecular formula is C23H47NO2S. The van der Waals surface area contributed by atoms with Crippen LogP contribution in [0.2, 0.25) is 0 Å². The molecule has 0 aliphatic rings. The molecule has 0 fully saturated rings. The minimum absolute atomic E-state index is 0.104. The van der Waals surface area contributed by atoms with Crippen molar-refractivity contribution in [1.82, 2.24) is 5.32 Å². The number of hydrogen-bond acceptors (Lipinski definition) is 2. The topological polar surface area (TPSA) is 46.2 Å². The molecule has 0 aromatic carbocycles. The molecule has 0 aliphatic heterocycles. The second kappa shape index (κ2) is 16.6. The van der Waals surface area contributed by atoms with Gasteiger partial charge >= 0.3 is 0 Å². The van der Waals surface area contributed by atoms with E-state index in [9.17, 15) is 9.00 Å². The van der Waals surface area contributed by atoms with E-state index in [-0.39, 0.29) is 5.91 Å².